The zero-order valence-corrected chi connectivity index (χ0v) is 8.23. The highest BCUT2D eigenvalue weighted by molar-refractivity contribution is 5.27. The molecule has 1 atom stereocenters. The van der Waals surface area contributed by atoms with Crippen molar-refractivity contribution >= 4 is 0 Å². The number of rotatable bonds is 2. The first-order chi connectivity index (χ1) is 7.66. The number of hydrazine groups is 1. The summed E-state index contributed by atoms with van der Waals surface area (Å²) < 4.78 is 73.6. The summed E-state index contributed by atoms with van der Waals surface area (Å²) in [6.45, 7) is 0. The molecule has 0 radical (unpaired) electrons. The van der Waals surface area contributed by atoms with Crippen LogP contribution in [0.4, 0.5) is 26.3 Å². The van der Waals surface area contributed by atoms with Crippen LogP contribution in [-0.4, -0.2) is 6.18 Å². The van der Waals surface area contributed by atoms with E-state index in [-0.39, 0.29) is 5.56 Å². The maximum Gasteiger partial charge on any atom is 0.416 e. The van der Waals surface area contributed by atoms with Crippen molar-refractivity contribution in [2.24, 2.45) is 5.84 Å². The number of nitrogens with one attached hydrogen (secondary N) is 1. The van der Waals surface area contributed by atoms with Gasteiger partial charge in [0.05, 0.1) is 5.56 Å². The Kier molecular flexibility index (Phi) is 3.68. The number of nitrogens with two attached hydrogens (primary N) is 1. The van der Waals surface area contributed by atoms with Crippen LogP contribution in [0.5, 0.6) is 0 Å². The van der Waals surface area contributed by atoms with Crippen molar-refractivity contribution in [3.8, 4) is 0 Å². The summed E-state index contributed by atoms with van der Waals surface area (Å²) in [4.78, 5) is 0. The highest BCUT2D eigenvalue weighted by Crippen LogP contribution is 2.34. The van der Waals surface area contributed by atoms with Crippen LogP contribution < -0.4 is 11.3 Å². The smallest absolute Gasteiger partial charge is 0.271 e. The lowest BCUT2D eigenvalue weighted by Gasteiger charge is -2.20. The fourth-order valence-electron chi connectivity index (χ4n) is 1.24. The summed E-state index contributed by atoms with van der Waals surface area (Å²) in [6.07, 6.45) is -9.25. The van der Waals surface area contributed by atoms with E-state index in [9.17, 15) is 26.3 Å². The first-order valence-corrected chi connectivity index (χ1v) is 4.36. The largest absolute Gasteiger partial charge is 0.416 e. The minimum absolute atomic E-state index is 0.381. The SMILES string of the molecule is NN[C@H](c1ccc(C(F)(F)F)cc1)C(F)(F)F. The molecule has 1 rings (SSSR count). The Bertz CT molecular complexity index is 367. The molecule has 1 aromatic carbocycles. The van der Waals surface area contributed by atoms with Crippen LogP contribution in [0.1, 0.15) is 17.2 Å². The molecule has 0 aromatic heterocycles. The van der Waals surface area contributed by atoms with E-state index in [4.69, 9.17) is 5.84 Å². The molecule has 0 fully saturated rings. The van der Waals surface area contributed by atoms with Crippen molar-refractivity contribution in [1.29, 1.82) is 0 Å². The summed E-state index contributed by atoms with van der Waals surface area (Å²) in [5.74, 6) is 4.72. The molecule has 0 saturated carbocycles. The van der Waals surface area contributed by atoms with Gasteiger partial charge in [0, 0.05) is 0 Å². The van der Waals surface area contributed by atoms with Gasteiger partial charge in [-0.25, -0.2) is 5.43 Å². The normalized spacial score (nSPS) is 14.8. The van der Waals surface area contributed by atoms with Crippen LogP contribution in [0, 0.1) is 0 Å². The van der Waals surface area contributed by atoms with Gasteiger partial charge in [-0.1, -0.05) is 12.1 Å². The van der Waals surface area contributed by atoms with Gasteiger partial charge >= 0.3 is 12.4 Å². The van der Waals surface area contributed by atoms with E-state index in [1.54, 1.807) is 0 Å². The van der Waals surface area contributed by atoms with E-state index in [0.29, 0.717) is 12.1 Å². The van der Waals surface area contributed by atoms with Crippen LogP contribution in [0.2, 0.25) is 0 Å². The highest BCUT2D eigenvalue weighted by atomic mass is 19.4. The van der Waals surface area contributed by atoms with Crippen molar-refractivity contribution < 1.29 is 26.3 Å². The number of hydrogen-bond donors (Lipinski definition) is 2. The number of halogens is 6. The van der Waals surface area contributed by atoms with Crippen molar-refractivity contribution in [3.63, 3.8) is 0 Å². The molecule has 8 heteroatoms. The van der Waals surface area contributed by atoms with Crippen molar-refractivity contribution in [2.45, 2.75) is 18.4 Å². The topological polar surface area (TPSA) is 38.0 Å². The third kappa shape index (κ3) is 3.34. The first kappa shape index (κ1) is 13.8. The summed E-state index contributed by atoms with van der Waals surface area (Å²) in [7, 11) is 0. The second-order valence-corrected chi connectivity index (χ2v) is 3.26. The fourth-order valence-corrected chi connectivity index (χ4v) is 1.24. The summed E-state index contributed by atoms with van der Waals surface area (Å²) >= 11 is 0. The Labute approximate surface area is 92.4 Å². The van der Waals surface area contributed by atoms with Gasteiger partial charge in [0.1, 0.15) is 6.04 Å². The van der Waals surface area contributed by atoms with Crippen LogP contribution in [0.25, 0.3) is 0 Å². The standard InChI is InChI=1S/C9H8F6N2/c10-8(11,12)6-3-1-5(2-4-6)7(17-16)9(13,14)15/h1-4,7,17H,16H2/t7-/m1/s1. The van der Waals surface area contributed by atoms with Gasteiger partial charge < -0.3 is 0 Å². The van der Waals surface area contributed by atoms with Gasteiger partial charge in [0.2, 0.25) is 0 Å². The second kappa shape index (κ2) is 4.53. The zero-order valence-electron chi connectivity index (χ0n) is 8.23. The van der Waals surface area contributed by atoms with E-state index in [2.05, 4.69) is 0 Å². The van der Waals surface area contributed by atoms with Crippen LogP contribution >= 0.6 is 0 Å². The molecule has 1 aromatic rings. The Morgan fingerprint density at radius 1 is 0.941 bits per heavy atom. The van der Waals surface area contributed by atoms with E-state index < -0.39 is 24.0 Å². The van der Waals surface area contributed by atoms with Gasteiger partial charge in [-0.15, -0.1) is 0 Å². The van der Waals surface area contributed by atoms with Gasteiger partial charge in [-0.3, -0.25) is 5.84 Å². The Hall–Kier alpha value is -1.28. The lowest BCUT2D eigenvalue weighted by atomic mass is 10.0. The second-order valence-electron chi connectivity index (χ2n) is 3.26. The first-order valence-electron chi connectivity index (χ1n) is 4.36. The number of benzene rings is 1. The quantitative estimate of drug-likeness (QED) is 0.486. The predicted octanol–water partition coefficient (Wildman–Crippen LogP) is 2.77. The van der Waals surface area contributed by atoms with E-state index >= 15 is 0 Å². The predicted molar refractivity (Wildman–Crippen MR) is 47.6 cm³/mol. The summed E-state index contributed by atoms with van der Waals surface area (Å²) in [5, 5.41) is 0. The average molecular weight is 258 g/mol. The van der Waals surface area contributed by atoms with E-state index in [1.165, 1.54) is 5.43 Å². The van der Waals surface area contributed by atoms with E-state index in [1.807, 2.05) is 0 Å². The maximum atomic E-state index is 12.4. The average Bonchev–Trinajstić information content (AvgIpc) is 2.16. The number of hydrogen-bond acceptors (Lipinski definition) is 2. The molecule has 2 nitrogen and oxygen atoms in total. The van der Waals surface area contributed by atoms with E-state index in [0.717, 1.165) is 12.1 Å². The minimum Gasteiger partial charge on any atom is -0.271 e. The molecule has 0 spiro atoms. The van der Waals surface area contributed by atoms with Crippen molar-refractivity contribution in [1.82, 2.24) is 5.43 Å². The van der Waals surface area contributed by atoms with Gasteiger partial charge in [0.15, 0.2) is 0 Å². The lowest BCUT2D eigenvalue weighted by molar-refractivity contribution is -0.157. The molecular weight excluding hydrogens is 250 g/mol. The molecule has 0 unspecified atom stereocenters. The Morgan fingerprint density at radius 3 is 1.71 bits per heavy atom. The molecule has 0 amide bonds. The van der Waals surface area contributed by atoms with Crippen molar-refractivity contribution in [3.05, 3.63) is 35.4 Å². The molecule has 0 heterocycles. The number of alkyl halides is 6. The fraction of sp³-hybridized carbons (Fsp3) is 0.333. The monoisotopic (exact) mass is 258 g/mol. The third-order valence-corrected chi connectivity index (χ3v) is 2.07. The molecule has 0 aliphatic carbocycles. The molecule has 0 aliphatic rings. The van der Waals surface area contributed by atoms with Gasteiger partial charge in [-0.2, -0.15) is 26.3 Å². The van der Waals surface area contributed by atoms with Crippen LogP contribution in [0.15, 0.2) is 24.3 Å². The van der Waals surface area contributed by atoms with Crippen molar-refractivity contribution in [2.75, 3.05) is 0 Å². The summed E-state index contributed by atoms with van der Waals surface area (Å²) in [6, 6.07) is 0.434. The zero-order chi connectivity index (χ0) is 13.3. The Balaban J connectivity index is 3.02. The van der Waals surface area contributed by atoms with Crippen LogP contribution in [-0.2, 0) is 6.18 Å². The minimum atomic E-state index is -4.67. The van der Waals surface area contributed by atoms with Gasteiger partial charge in [-0.05, 0) is 17.7 Å². The van der Waals surface area contributed by atoms with Gasteiger partial charge in [0.25, 0.3) is 0 Å². The molecule has 0 bridgehead atoms. The third-order valence-electron chi connectivity index (χ3n) is 2.07. The van der Waals surface area contributed by atoms with Crippen LogP contribution in [0.3, 0.4) is 0 Å². The molecule has 17 heavy (non-hydrogen) atoms. The summed E-state index contributed by atoms with van der Waals surface area (Å²) in [5.41, 5.74) is 0.114. The highest BCUT2D eigenvalue weighted by Gasteiger charge is 2.40. The lowest BCUT2D eigenvalue weighted by Crippen LogP contribution is -2.38. The molecule has 96 valence electrons. The maximum absolute atomic E-state index is 12.4. The molecular formula is C9H8F6N2. The molecule has 0 saturated heterocycles. The molecule has 3 N–H and O–H groups in total. The molecule has 0 aliphatic heterocycles. The Morgan fingerprint density at radius 2 is 1.41 bits per heavy atom.